The van der Waals surface area contributed by atoms with Crippen molar-refractivity contribution in [2.45, 2.75) is 22.5 Å². The molecule has 1 aromatic carbocycles. The maximum atomic E-state index is 12.4. The summed E-state index contributed by atoms with van der Waals surface area (Å²) in [7, 11) is 0.111. The maximum absolute atomic E-state index is 12.4. The topological polar surface area (TPSA) is 55.4 Å². The van der Waals surface area contributed by atoms with Crippen LogP contribution in [0.3, 0.4) is 0 Å². The predicted molar refractivity (Wildman–Crippen MR) is 66.1 cm³/mol. The Hall–Kier alpha value is -1.07. The minimum Gasteiger partial charge on any atom is -0.497 e. The van der Waals surface area contributed by atoms with Crippen LogP contribution < -0.4 is 10.1 Å². The van der Waals surface area contributed by atoms with E-state index >= 15 is 0 Å². The summed E-state index contributed by atoms with van der Waals surface area (Å²) in [5, 5.41) is 2.97. The van der Waals surface area contributed by atoms with E-state index in [9.17, 15) is 8.42 Å². The molecule has 0 aromatic heterocycles. The van der Waals surface area contributed by atoms with Gasteiger partial charge in [0.25, 0.3) is 0 Å². The minimum absolute atomic E-state index is 0.381. The van der Waals surface area contributed by atoms with Gasteiger partial charge in [0.15, 0.2) is 9.84 Å². The molecule has 0 atom stereocenters. The quantitative estimate of drug-likeness (QED) is 0.859. The van der Waals surface area contributed by atoms with Gasteiger partial charge < -0.3 is 10.1 Å². The van der Waals surface area contributed by atoms with E-state index in [-0.39, 0.29) is 0 Å². The van der Waals surface area contributed by atoms with Crippen molar-refractivity contribution in [2.24, 2.45) is 0 Å². The number of ether oxygens (including phenoxy) is 1. The lowest BCUT2D eigenvalue weighted by atomic mass is 10.3. The number of hydrogen-bond acceptors (Lipinski definition) is 4. The van der Waals surface area contributed by atoms with Gasteiger partial charge in [-0.25, -0.2) is 8.42 Å². The lowest BCUT2D eigenvalue weighted by Gasteiger charge is -2.15. The minimum atomic E-state index is -3.23. The van der Waals surface area contributed by atoms with E-state index in [1.165, 1.54) is 0 Å². The Balaban J connectivity index is 2.32. The summed E-state index contributed by atoms with van der Waals surface area (Å²) in [5.41, 5.74) is 0. The SMILES string of the molecule is CNCC1(S(=O)(=O)c2ccc(OC)cc2)CC1. The molecule has 1 aromatic rings. The van der Waals surface area contributed by atoms with Crippen LogP contribution in [0.5, 0.6) is 5.75 Å². The van der Waals surface area contributed by atoms with Gasteiger partial charge in [-0.1, -0.05) is 0 Å². The molecule has 1 aliphatic rings. The average Bonchev–Trinajstić information content (AvgIpc) is 3.11. The number of hydrogen-bond donors (Lipinski definition) is 1. The molecule has 2 rings (SSSR count). The van der Waals surface area contributed by atoms with Crippen molar-refractivity contribution in [3.05, 3.63) is 24.3 Å². The molecule has 0 saturated heterocycles. The van der Waals surface area contributed by atoms with Crippen molar-refractivity contribution < 1.29 is 13.2 Å². The van der Waals surface area contributed by atoms with Gasteiger partial charge >= 0.3 is 0 Å². The molecular weight excluding hydrogens is 238 g/mol. The first-order valence-corrected chi connectivity index (χ1v) is 7.07. The normalized spacial score (nSPS) is 17.8. The summed E-state index contributed by atoms with van der Waals surface area (Å²) in [6.07, 6.45) is 1.48. The largest absolute Gasteiger partial charge is 0.497 e. The zero-order valence-corrected chi connectivity index (χ0v) is 10.9. The van der Waals surface area contributed by atoms with Gasteiger partial charge in [0.05, 0.1) is 16.8 Å². The first-order valence-electron chi connectivity index (χ1n) is 5.59. The molecule has 0 radical (unpaired) electrons. The molecule has 4 nitrogen and oxygen atoms in total. The fraction of sp³-hybridized carbons (Fsp3) is 0.500. The summed E-state index contributed by atoms with van der Waals surface area (Å²) < 4.78 is 29.3. The van der Waals surface area contributed by atoms with Gasteiger partial charge in [-0.2, -0.15) is 0 Å². The molecule has 0 bridgehead atoms. The molecule has 0 spiro atoms. The van der Waals surface area contributed by atoms with Crippen LogP contribution in [0.2, 0.25) is 0 Å². The Morgan fingerprint density at radius 2 is 1.88 bits per heavy atom. The van der Waals surface area contributed by atoms with Crippen LogP contribution in [0.25, 0.3) is 0 Å². The van der Waals surface area contributed by atoms with E-state index in [1.807, 2.05) is 0 Å². The highest BCUT2D eigenvalue weighted by Crippen LogP contribution is 2.46. The van der Waals surface area contributed by atoms with Gasteiger partial charge in [-0.05, 0) is 44.2 Å². The fourth-order valence-corrected chi connectivity index (χ4v) is 3.98. The summed E-state index contributed by atoms with van der Waals surface area (Å²) in [6.45, 7) is 0.515. The zero-order valence-electron chi connectivity index (χ0n) is 10.1. The summed E-state index contributed by atoms with van der Waals surface area (Å²) in [4.78, 5) is 0.381. The van der Waals surface area contributed by atoms with Crippen LogP contribution in [0.4, 0.5) is 0 Å². The summed E-state index contributed by atoms with van der Waals surface area (Å²) in [6, 6.07) is 6.60. The number of methoxy groups -OCH3 is 1. The van der Waals surface area contributed by atoms with Crippen LogP contribution in [0.15, 0.2) is 29.2 Å². The molecular formula is C12H17NO3S. The average molecular weight is 255 g/mol. The highest BCUT2D eigenvalue weighted by molar-refractivity contribution is 7.93. The molecule has 1 aliphatic carbocycles. The molecule has 94 valence electrons. The smallest absolute Gasteiger partial charge is 0.185 e. The molecule has 5 heteroatoms. The van der Waals surface area contributed by atoms with Crippen molar-refractivity contribution in [1.82, 2.24) is 5.32 Å². The first-order chi connectivity index (χ1) is 8.05. The number of nitrogens with one attached hydrogen (secondary N) is 1. The van der Waals surface area contributed by atoms with Gasteiger partial charge in [-0.3, -0.25) is 0 Å². The van der Waals surface area contributed by atoms with E-state index in [2.05, 4.69) is 5.32 Å². The van der Waals surface area contributed by atoms with Crippen molar-refractivity contribution >= 4 is 9.84 Å². The second-order valence-electron chi connectivity index (χ2n) is 4.39. The first kappa shape index (κ1) is 12.4. The third kappa shape index (κ3) is 2.05. The Bertz CT molecular complexity index is 489. The monoisotopic (exact) mass is 255 g/mol. The van der Waals surface area contributed by atoms with E-state index in [4.69, 9.17) is 4.74 Å². The Morgan fingerprint density at radius 1 is 1.29 bits per heavy atom. The molecule has 0 aliphatic heterocycles. The van der Waals surface area contributed by atoms with Crippen molar-refractivity contribution in [3.8, 4) is 5.75 Å². The van der Waals surface area contributed by atoms with Crippen LogP contribution >= 0.6 is 0 Å². The van der Waals surface area contributed by atoms with Crippen molar-refractivity contribution in [2.75, 3.05) is 20.7 Å². The molecule has 0 heterocycles. The number of rotatable bonds is 5. The van der Waals surface area contributed by atoms with Crippen LogP contribution in [-0.4, -0.2) is 33.9 Å². The van der Waals surface area contributed by atoms with Gasteiger partial charge in [0.2, 0.25) is 0 Å². The Labute approximate surface area is 102 Å². The summed E-state index contributed by atoms with van der Waals surface area (Å²) >= 11 is 0. The molecule has 17 heavy (non-hydrogen) atoms. The van der Waals surface area contributed by atoms with Gasteiger partial charge in [0, 0.05) is 6.54 Å². The van der Waals surface area contributed by atoms with Gasteiger partial charge in [0.1, 0.15) is 5.75 Å². The lowest BCUT2D eigenvalue weighted by molar-refractivity contribution is 0.414. The molecule has 0 unspecified atom stereocenters. The Morgan fingerprint density at radius 3 is 2.29 bits per heavy atom. The van der Waals surface area contributed by atoms with Crippen molar-refractivity contribution in [3.63, 3.8) is 0 Å². The van der Waals surface area contributed by atoms with Crippen molar-refractivity contribution in [1.29, 1.82) is 0 Å². The highest BCUT2D eigenvalue weighted by atomic mass is 32.2. The van der Waals surface area contributed by atoms with E-state index in [1.54, 1.807) is 38.4 Å². The zero-order chi connectivity index (χ0) is 12.5. The van der Waals surface area contributed by atoms with E-state index in [0.717, 1.165) is 12.8 Å². The molecule has 0 amide bonds. The second kappa shape index (κ2) is 4.31. The number of sulfone groups is 1. The molecule has 1 N–H and O–H groups in total. The third-order valence-electron chi connectivity index (χ3n) is 3.25. The summed E-state index contributed by atoms with van der Waals surface area (Å²) in [5.74, 6) is 0.669. The molecule has 1 saturated carbocycles. The van der Waals surface area contributed by atoms with Crippen LogP contribution in [-0.2, 0) is 9.84 Å². The van der Waals surface area contributed by atoms with Gasteiger partial charge in [-0.15, -0.1) is 0 Å². The Kier molecular flexibility index (Phi) is 3.14. The van der Waals surface area contributed by atoms with E-state index in [0.29, 0.717) is 17.2 Å². The molecule has 1 fully saturated rings. The second-order valence-corrected chi connectivity index (χ2v) is 6.74. The third-order valence-corrected chi connectivity index (χ3v) is 5.83. The maximum Gasteiger partial charge on any atom is 0.185 e. The van der Waals surface area contributed by atoms with Crippen LogP contribution in [0.1, 0.15) is 12.8 Å². The highest BCUT2D eigenvalue weighted by Gasteiger charge is 2.54. The van der Waals surface area contributed by atoms with Crippen LogP contribution in [0, 0.1) is 0 Å². The standard InChI is InChI=1S/C12H17NO3S/c1-13-9-12(7-8-12)17(14,15)11-5-3-10(16-2)4-6-11/h3-6,13H,7-9H2,1-2H3. The number of benzene rings is 1. The fourth-order valence-electron chi connectivity index (χ4n) is 2.01. The van der Waals surface area contributed by atoms with E-state index < -0.39 is 14.6 Å². The predicted octanol–water partition coefficient (Wildman–Crippen LogP) is 1.22. The lowest BCUT2D eigenvalue weighted by Crippen LogP contribution is -2.33.